The normalized spacial score (nSPS) is 15.9. The van der Waals surface area contributed by atoms with Crippen LogP contribution in [0.5, 0.6) is 0 Å². The number of hydrogen-bond donors (Lipinski definition) is 0. The molecule has 0 radical (unpaired) electrons. The first kappa shape index (κ1) is 28.5. The quantitative estimate of drug-likeness (QED) is 0.169. The van der Waals surface area contributed by atoms with Crippen molar-refractivity contribution < 1.29 is 58.6 Å². The van der Waals surface area contributed by atoms with Crippen LogP contribution >= 0.6 is 0 Å². The minimum absolute atomic E-state index is 0.187. The van der Waals surface area contributed by atoms with Crippen molar-refractivity contribution in [3.05, 3.63) is 38.0 Å². The Morgan fingerprint density at radius 3 is 1.84 bits per heavy atom. The van der Waals surface area contributed by atoms with Crippen LogP contribution in [0.25, 0.3) is 0 Å². The molecule has 0 aromatic carbocycles. The van der Waals surface area contributed by atoms with Gasteiger partial charge >= 0.3 is 35.9 Å². The standard InChI is InChI=1S/C18H19F9O4/c1-5-8-14(4,7-3)13(29)31-11(10-30-12(28)6-2)9-15(19,20)16(21,22)17(23,24)18(25,26)27/h5-7,11H,1-3,8-10H2,4H3. The molecule has 0 aliphatic heterocycles. The first-order valence-electron chi connectivity index (χ1n) is 8.28. The Morgan fingerprint density at radius 2 is 1.45 bits per heavy atom. The summed E-state index contributed by atoms with van der Waals surface area (Å²) in [6.07, 6.45) is -9.57. The van der Waals surface area contributed by atoms with Gasteiger partial charge in [0, 0.05) is 6.08 Å². The Labute approximate surface area is 171 Å². The first-order chi connectivity index (χ1) is 13.8. The van der Waals surface area contributed by atoms with E-state index >= 15 is 0 Å². The summed E-state index contributed by atoms with van der Waals surface area (Å²) in [6, 6.07) is 0. The summed E-state index contributed by atoms with van der Waals surface area (Å²) in [5.41, 5.74) is -1.64. The second kappa shape index (κ2) is 9.77. The van der Waals surface area contributed by atoms with E-state index in [9.17, 15) is 49.1 Å². The molecule has 2 atom stereocenters. The molecule has 13 heteroatoms. The highest BCUT2D eigenvalue weighted by molar-refractivity contribution is 5.81. The third-order valence-electron chi connectivity index (χ3n) is 4.03. The van der Waals surface area contributed by atoms with E-state index in [1.807, 2.05) is 0 Å². The lowest BCUT2D eigenvalue weighted by atomic mass is 9.87. The molecule has 0 aromatic heterocycles. The fourth-order valence-electron chi connectivity index (χ4n) is 2.03. The predicted molar refractivity (Wildman–Crippen MR) is 89.7 cm³/mol. The molecule has 2 unspecified atom stereocenters. The van der Waals surface area contributed by atoms with Crippen molar-refractivity contribution in [2.24, 2.45) is 5.41 Å². The third-order valence-corrected chi connectivity index (χ3v) is 4.03. The molecule has 0 aliphatic carbocycles. The molecule has 0 fully saturated rings. The lowest BCUT2D eigenvalue weighted by Gasteiger charge is -2.35. The van der Waals surface area contributed by atoms with Crippen molar-refractivity contribution in [2.75, 3.05) is 6.61 Å². The number of allylic oxidation sites excluding steroid dienone is 1. The van der Waals surface area contributed by atoms with Gasteiger partial charge in [-0.05, 0) is 13.3 Å². The van der Waals surface area contributed by atoms with Crippen LogP contribution in [0.2, 0.25) is 0 Å². The second-order valence-electron chi connectivity index (χ2n) is 6.53. The Kier molecular flexibility index (Phi) is 8.99. The summed E-state index contributed by atoms with van der Waals surface area (Å²) in [7, 11) is 0. The van der Waals surface area contributed by atoms with Crippen molar-refractivity contribution in [1.29, 1.82) is 0 Å². The van der Waals surface area contributed by atoms with E-state index in [0.29, 0.717) is 6.08 Å². The van der Waals surface area contributed by atoms with Crippen molar-refractivity contribution in [2.45, 2.75) is 49.8 Å². The zero-order valence-electron chi connectivity index (χ0n) is 16.1. The van der Waals surface area contributed by atoms with Crippen LogP contribution in [0.15, 0.2) is 38.0 Å². The maximum Gasteiger partial charge on any atom is 0.460 e. The molecule has 0 saturated carbocycles. The number of rotatable bonds is 12. The molecule has 0 rings (SSSR count). The van der Waals surface area contributed by atoms with Crippen LogP contribution in [-0.2, 0) is 19.1 Å². The average Bonchev–Trinajstić information content (AvgIpc) is 2.64. The van der Waals surface area contributed by atoms with Crippen LogP contribution < -0.4 is 0 Å². The molecule has 0 amide bonds. The summed E-state index contributed by atoms with van der Waals surface area (Å²) in [6.45, 7) is 9.38. The van der Waals surface area contributed by atoms with Crippen LogP contribution in [0.4, 0.5) is 39.5 Å². The van der Waals surface area contributed by atoms with Crippen LogP contribution in [0.3, 0.4) is 0 Å². The van der Waals surface area contributed by atoms with Crippen LogP contribution in [-0.4, -0.2) is 48.6 Å². The van der Waals surface area contributed by atoms with E-state index in [4.69, 9.17) is 0 Å². The summed E-state index contributed by atoms with van der Waals surface area (Å²) >= 11 is 0. The van der Waals surface area contributed by atoms with Gasteiger partial charge in [0.1, 0.15) is 12.7 Å². The van der Waals surface area contributed by atoms with Crippen molar-refractivity contribution in [3.8, 4) is 0 Å². The van der Waals surface area contributed by atoms with Crippen molar-refractivity contribution in [3.63, 3.8) is 0 Å². The zero-order valence-corrected chi connectivity index (χ0v) is 16.1. The molecule has 0 spiro atoms. The minimum atomic E-state index is -7.12. The number of ether oxygens (including phenoxy) is 2. The third kappa shape index (κ3) is 6.26. The minimum Gasteiger partial charge on any atom is -0.459 e. The van der Waals surface area contributed by atoms with Gasteiger partial charge in [-0.2, -0.15) is 39.5 Å². The molecule has 0 aromatic rings. The van der Waals surface area contributed by atoms with Gasteiger partial charge < -0.3 is 9.47 Å². The average molecular weight is 470 g/mol. The Hall–Kier alpha value is -2.47. The number of hydrogen-bond acceptors (Lipinski definition) is 4. The lowest BCUT2D eigenvalue weighted by molar-refractivity contribution is -0.398. The molecule has 0 saturated heterocycles. The number of alkyl halides is 9. The van der Waals surface area contributed by atoms with E-state index in [1.165, 1.54) is 13.0 Å². The zero-order chi connectivity index (χ0) is 24.9. The van der Waals surface area contributed by atoms with Gasteiger partial charge in [-0.15, -0.1) is 13.2 Å². The maximum atomic E-state index is 13.9. The fourth-order valence-corrected chi connectivity index (χ4v) is 2.03. The molecule has 0 N–H and O–H groups in total. The fraction of sp³-hybridized carbons (Fsp3) is 0.556. The number of halogens is 9. The Morgan fingerprint density at radius 1 is 0.935 bits per heavy atom. The van der Waals surface area contributed by atoms with Gasteiger partial charge in [0.2, 0.25) is 0 Å². The van der Waals surface area contributed by atoms with Gasteiger partial charge in [0.05, 0.1) is 11.8 Å². The van der Waals surface area contributed by atoms with E-state index in [0.717, 1.165) is 6.08 Å². The summed E-state index contributed by atoms with van der Waals surface area (Å²) in [4.78, 5) is 23.3. The van der Waals surface area contributed by atoms with Gasteiger partial charge in [0.15, 0.2) is 0 Å². The smallest absolute Gasteiger partial charge is 0.459 e. The summed E-state index contributed by atoms with van der Waals surface area (Å²) < 4.78 is 127. The van der Waals surface area contributed by atoms with E-state index in [-0.39, 0.29) is 6.42 Å². The SMILES string of the molecule is C=CCC(C)(C=C)C(=O)OC(COC(=O)C=C)CC(F)(F)C(F)(F)C(F)(F)C(F)(F)F. The van der Waals surface area contributed by atoms with Gasteiger partial charge in [-0.3, -0.25) is 4.79 Å². The lowest BCUT2D eigenvalue weighted by Crippen LogP contribution is -2.61. The molecule has 0 bridgehead atoms. The van der Waals surface area contributed by atoms with E-state index < -0.39 is 60.4 Å². The van der Waals surface area contributed by atoms with Gasteiger partial charge in [0.25, 0.3) is 0 Å². The van der Waals surface area contributed by atoms with Crippen molar-refractivity contribution >= 4 is 11.9 Å². The highest BCUT2D eigenvalue weighted by Crippen LogP contribution is 2.54. The number of carbonyl (C=O) groups is 2. The first-order valence-corrected chi connectivity index (χ1v) is 8.28. The number of carbonyl (C=O) groups excluding carboxylic acids is 2. The summed E-state index contributed by atoms with van der Waals surface area (Å²) in [5.74, 6) is -22.8. The largest absolute Gasteiger partial charge is 0.460 e. The monoisotopic (exact) mass is 470 g/mol. The van der Waals surface area contributed by atoms with Crippen LogP contribution in [0, 0.1) is 5.41 Å². The Balaban J connectivity index is 5.96. The highest BCUT2D eigenvalue weighted by Gasteiger charge is 2.81. The molecule has 0 heterocycles. The molecule has 31 heavy (non-hydrogen) atoms. The maximum absolute atomic E-state index is 13.9. The molecule has 0 aliphatic rings. The van der Waals surface area contributed by atoms with Gasteiger partial charge in [-0.1, -0.05) is 18.7 Å². The van der Waals surface area contributed by atoms with Crippen LogP contribution in [0.1, 0.15) is 19.8 Å². The van der Waals surface area contributed by atoms with Gasteiger partial charge in [-0.25, -0.2) is 4.79 Å². The van der Waals surface area contributed by atoms with Crippen molar-refractivity contribution in [1.82, 2.24) is 0 Å². The molecular formula is C18H19F9O4. The highest BCUT2D eigenvalue weighted by atomic mass is 19.4. The van der Waals surface area contributed by atoms with E-state index in [1.54, 1.807) is 0 Å². The topological polar surface area (TPSA) is 52.6 Å². The number of esters is 2. The molecular weight excluding hydrogens is 451 g/mol. The molecule has 4 nitrogen and oxygen atoms in total. The predicted octanol–water partition coefficient (Wildman–Crippen LogP) is 5.25. The second-order valence-corrected chi connectivity index (χ2v) is 6.53. The molecule has 178 valence electrons. The van der Waals surface area contributed by atoms with E-state index in [2.05, 4.69) is 29.2 Å². The Bertz CT molecular complexity index is 701. The summed E-state index contributed by atoms with van der Waals surface area (Å²) in [5, 5.41) is 0.